The number of hydrogen-bond acceptors (Lipinski definition) is 6. The lowest BCUT2D eigenvalue weighted by atomic mass is 10.0. The molecule has 2 heterocycles. The molecular weight excluding hydrogens is 420 g/mol. The van der Waals surface area contributed by atoms with E-state index in [1.807, 2.05) is 30.3 Å². The number of rotatable bonds is 10. The van der Waals surface area contributed by atoms with E-state index in [1.165, 1.54) is 0 Å². The third-order valence-electron chi connectivity index (χ3n) is 5.50. The molecule has 0 radical (unpaired) electrons. The number of aromatic nitrogens is 1. The number of ether oxygens (including phenoxy) is 3. The first-order valence-corrected chi connectivity index (χ1v) is 11.1. The van der Waals surface area contributed by atoms with Crippen molar-refractivity contribution in [3.63, 3.8) is 0 Å². The van der Waals surface area contributed by atoms with Crippen LogP contribution in [0.4, 0.5) is 0 Å². The van der Waals surface area contributed by atoms with E-state index in [0.717, 1.165) is 47.5 Å². The molecule has 1 fully saturated rings. The highest BCUT2D eigenvalue weighted by molar-refractivity contribution is 5.71. The maximum atomic E-state index is 11.2. The number of para-hydroxylation sites is 1. The van der Waals surface area contributed by atoms with Crippen LogP contribution in [-0.2, 0) is 29.1 Å². The van der Waals surface area contributed by atoms with Gasteiger partial charge in [-0.1, -0.05) is 18.2 Å². The highest BCUT2D eigenvalue weighted by atomic mass is 16.5. The molecule has 4 rings (SSSR count). The maximum Gasteiger partial charge on any atom is 0.307 e. The van der Waals surface area contributed by atoms with Crippen LogP contribution in [0.25, 0.3) is 11.1 Å². The predicted molar refractivity (Wildman–Crippen MR) is 124 cm³/mol. The van der Waals surface area contributed by atoms with Crippen molar-refractivity contribution in [1.82, 2.24) is 4.98 Å². The number of benzene rings is 2. The van der Waals surface area contributed by atoms with Crippen molar-refractivity contribution in [3.8, 4) is 22.6 Å². The van der Waals surface area contributed by atoms with Gasteiger partial charge in [0.25, 0.3) is 0 Å². The number of aliphatic carboxylic acids is 1. The third-order valence-corrected chi connectivity index (χ3v) is 5.50. The minimum atomic E-state index is -0.898. The number of hydrogen-bond donors (Lipinski definition) is 2. The monoisotopic (exact) mass is 448 g/mol. The summed E-state index contributed by atoms with van der Waals surface area (Å²) in [6.07, 6.45) is 5.62. The van der Waals surface area contributed by atoms with Crippen molar-refractivity contribution in [2.75, 3.05) is 13.2 Å². The van der Waals surface area contributed by atoms with Crippen molar-refractivity contribution in [1.29, 1.82) is 0 Å². The van der Waals surface area contributed by atoms with E-state index in [-0.39, 0.29) is 19.1 Å². The summed E-state index contributed by atoms with van der Waals surface area (Å²) in [5.41, 5.74) is 10.2. The number of pyridine rings is 1. The summed E-state index contributed by atoms with van der Waals surface area (Å²) in [6, 6.07) is 15.1. The number of nitrogens with zero attached hydrogens (tertiary/aromatic N) is 1. The molecule has 1 aromatic heterocycles. The fraction of sp³-hybridized carbons (Fsp3) is 0.308. The lowest BCUT2D eigenvalue weighted by Gasteiger charge is -2.15. The number of carbonyl (C=O) groups is 1. The van der Waals surface area contributed by atoms with Crippen LogP contribution >= 0.6 is 0 Å². The summed E-state index contributed by atoms with van der Waals surface area (Å²) in [4.78, 5) is 15.5. The smallest absolute Gasteiger partial charge is 0.307 e. The van der Waals surface area contributed by atoms with Crippen LogP contribution in [0, 0.1) is 0 Å². The molecule has 2 aromatic carbocycles. The molecule has 1 atom stereocenters. The molecule has 3 N–H and O–H groups in total. The fourth-order valence-corrected chi connectivity index (χ4v) is 3.83. The lowest BCUT2D eigenvalue weighted by molar-refractivity contribution is -0.136. The second kappa shape index (κ2) is 10.9. The van der Waals surface area contributed by atoms with E-state index < -0.39 is 5.97 Å². The van der Waals surface area contributed by atoms with E-state index in [9.17, 15) is 4.79 Å². The highest BCUT2D eigenvalue weighted by Gasteiger charge is 2.17. The summed E-state index contributed by atoms with van der Waals surface area (Å²) < 4.78 is 17.8. The Hall–Kier alpha value is -3.42. The van der Waals surface area contributed by atoms with Gasteiger partial charge >= 0.3 is 5.97 Å². The van der Waals surface area contributed by atoms with Gasteiger partial charge in [-0.3, -0.25) is 9.78 Å². The molecule has 1 aliphatic heterocycles. The van der Waals surface area contributed by atoms with Gasteiger partial charge in [0.15, 0.2) is 0 Å². The van der Waals surface area contributed by atoms with Crippen molar-refractivity contribution >= 4 is 5.97 Å². The summed E-state index contributed by atoms with van der Waals surface area (Å²) in [7, 11) is 0. The first-order chi connectivity index (χ1) is 16.1. The predicted octanol–water partition coefficient (Wildman–Crippen LogP) is 3.97. The number of carboxylic acids is 1. The van der Waals surface area contributed by atoms with E-state index in [1.54, 1.807) is 30.6 Å². The van der Waals surface area contributed by atoms with Crippen molar-refractivity contribution in [3.05, 3.63) is 77.6 Å². The largest absolute Gasteiger partial charge is 0.491 e. The molecular formula is C26H28N2O5. The Labute approximate surface area is 193 Å². The zero-order valence-electron chi connectivity index (χ0n) is 18.4. The molecule has 1 saturated heterocycles. The van der Waals surface area contributed by atoms with Crippen LogP contribution in [0.5, 0.6) is 11.5 Å². The van der Waals surface area contributed by atoms with Gasteiger partial charge < -0.3 is 25.1 Å². The van der Waals surface area contributed by atoms with E-state index in [0.29, 0.717) is 24.5 Å². The highest BCUT2D eigenvalue weighted by Crippen LogP contribution is 2.28. The quantitative estimate of drug-likeness (QED) is 0.484. The van der Waals surface area contributed by atoms with Gasteiger partial charge in [-0.05, 0) is 59.9 Å². The first kappa shape index (κ1) is 22.8. The maximum absolute atomic E-state index is 11.2. The second-order valence-corrected chi connectivity index (χ2v) is 8.06. The molecule has 1 aliphatic rings. The Morgan fingerprint density at radius 2 is 1.94 bits per heavy atom. The van der Waals surface area contributed by atoms with Gasteiger partial charge in [0.2, 0.25) is 0 Å². The molecule has 0 amide bonds. The average molecular weight is 449 g/mol. The van der Waals surface area contributed by atoms with Crippen LogP contribution < -0.4 is 15.2 Å². The Morgan fingerprint density at radius 1 is 1.09 bits per heavy atom. The molecule has 7 nitrogen and oxygen atoms in total. The Balaban J connectivity index is 1.58. The molecule has 0 bridgehead atoms. The molecule has 33 heavy (non-hydrogen) atoms. The molecule has 0 aliphatic carbocycles. The van der Waals surface area contributed by atoms with Crippen LogP contribution in [0.3, 0.4) is 0 Å². The van der Waals surface area contributed by atoms with Crippen molar-refractivity contribution in [2.24, 2.45) is 5.73 Å². The van der Waals surface area contributed by atoms with Gasteiger partial charge in [0.1, 0.15) is 24.7 Å². The molecule has 7 heteroatoms. The number of carboxylic acid groups (broad SMARTS) is 1. The molecule has 172 valence electrons. The zero-order chi connectivity index (χ0) is 23.0. The van der Waals surface area contributed by atoms with E-state index >= 15 is 0 Å². The molecule has 0 unspecified atom stereocenters. The second-order valence-electron chi connectivity index (χ2n) is 8.06. The molecule has 3 aromatic rings. The minimum absolute atomic E-state index is 0.0937. The van der Waals surface area contributed by atoms with E-state index in [2.05, 4.69) is 4.98 Å². The Kier molecular flexibility index (Phi) is 7.55. The first-order valence-electron chi connectivity index (χ1n) is 11.1. The summed E-state index contributed by atoms with van der Waals surface area (Å²) in [5, 5.41) is 9.17. The van der Waals surface area contributed by atoms with Crippen LogP contribution in [-0.4, -0.2) is 35.4 Å². The summed E-state index contributed by atoms with van der Waals surface area (Å²) in [6.45, 7) is 1.95. The van der Waals surface area contributed by atoms with Crippen LogP contribution in [0.2, 0.25) is 0 Å². The normalized spacial score (nSPS) is 15.4. The summed E-state index contributed by atoms with van der Waals surface area (Å²) >= 11 is 0. The Morgan fingerprint density at radius 3 is 2.73 bits per heavy atom. The van der Waals surface area contributed by atoms with Crippen molar-refractivity contribution in [2.45, 2.75) is 38.5 Å². The minimum Gasteiger partial charge on any atom is -0.491 e. The zero-order valence-corrected chi connectivity index (χ0v) is 18.4. The van der Waals surface area contributed by atoms with Gasteiger partial charge in [-0.15, -0.1) is 0 Å². The van der Waals surface area contributed by atoms with Crippen LogP contribution in [0.1, 0.15) is 29.5 Å². The standard InChI is InChI=1S/C26H28N2O5/c27-13-19-9-22(15-28-14-19)21-8-18(10-24(11-21)32-17-23-5-3-7-31-23)16-33-25-6-2-1-4-20(25)12-26(29)30/h1-2,4,6,8-11,14-15,23H,3,5,7,12-13,16-17,27H2,(H,29,30)/t23-/m1/s1. The SMILES string of the molecule is NCc1cncc(-c2cc(COc3ccccc3CC(=O)O)cc(OC[C@H]3CCCO3)c2)c1. The average Bonchev–Trinajstić information content (AvgIpc) is 3.36. The van der Waals surface area contributed by atoms with Gasteiger partial charge in [-0.2, -0.15) is 0 Å². The Bertz CT molecular complexity index is 1100. The van der Waals surface area contributed by atoms with E-state index in [4.69, 9.17) is 25.1 Å². The number of nitrogens with two attached hydrogens (primary N) is 1. The topological polar surface area (TPSA) is 104 Å². The fourth-order valence-electron chi connectivity index (χ4n) is 3.83. The van der Waals surface area contributed by atoms with Crippen LogP contribution in [0.15, 0.2) is 60.9 Å². The lowest BCUT2D eigenvalue weighted by Crippen LogP contribution is -2.16. The molecule has 0 spiro atoms. The van der Waals surface area contributed by atoms with Crippen molar-refractivity contribution < 1.29 is 24.1 Å². The van der Waals surface area contributed by atoms with Gasteiger partial charge in [0, 0.05) is 36.7 Å². The molecule has 0 saturated carbocycles. The summed E-state index contributed by atoms with van der Waals surface area (Å²) in [5.74, 6) is 0.377. The van der Waals surface area contributed by atoms with Gasteiger partial charge in [0.05, 0.1) is 12.5 Å². The van der Waals surface area contributed by atoms with Gasteiger partial charge in [-0.25, -0.2) is 0 Å². The third kappa shape index (κ3) is 6.31.